The molecule has 0 bridgehead atoms. The third-order valence-electron chi connectivity index (χ3n) is 3.46. The van der Waals surface area contributed by atoms with Gasteiger partial charge in [-0.1, -0.05) is 41.6 Å². The molecule has 0 spiro atoms. The zero-order valence-corrected chi connectivity index (χ0v) is 13.0. The average Bonchev–Trinajstić information content (AvgIpc) is 3.23. The maximum Gasteiger partial charge on any atom is 0.248 e. The van der Waals surface area contributed by atoms with E-state index in [0.717, 1.165) is 11.4 Å². The second kappa shape index (κ2) is 6.04. The molecule has 118 valence electrons. The molecule has 0 aliphatic heterocycles. The number of aryl methyl sites for hydroxylation is 1. The van der Waals surface area contributed by atoms with Crippen LogP contribution in [-0.2, 0) is 6.54 Å². The van der Waals surface area contributed by atoms with Crippen LogP contribution in [0.3, 0.4) is 0 Å². The van der Waals surface area contributed by atoms with Crippen LogP contribution in [-0.4, -0.2) is 29.9 Å². The van der Waals surface area contributed by atoms with Gasteiger partial charge in [0.1, 0.15) is 18.1 Å². The van der Waals surface area contributed by atoms with Gasteiger partial charge in [0.05, 0.1) is 0 Å². The summed E-state index contributed by atoms with van der Waals surface area (Å²) in [5.41, 5.74) is 1.66. The van der Waals surface area contributed by atoms with E-state index < -0.39 is 0 Å². The Morgan fingerprint density at radius 1 is 1.00 bits per heavy atom. The molecule has 3 heterocycles. The lowest BCUT2D eigenvalue weighted by atomic mass is 10.2. The van der Waals surface area contributed by atoms with Gasteiger partial charge < -0.3 is 4.52 Å². The summed E-state index contributed by atoms with van der Waals surface area (Å²) in [5.74, 6) is 2.38. The molecular weight excluding hydrogens is 304 g/mol. The summed E-state index contributed by atoms with van der Waals surface area (Å²) in [4.78, 5) is 13.1. The third kappa shape index (κ3) is 2.79. The Morgan fingerprint density at radius 2 is 1.83 bits per heavy atom. The lowest BCUT2D eigenvalue weighted by molar-refractivity contribution is 0.366. The van der Waals surface area contributed by atoms with Crippen LogP contribution >= 0.6 is 0 Å². The van der Waals surface area contributed by atoms with Gasteiger partial charge in [-0.3, -0.25) is 4.98 Å². The van der Waals surface area contributed by atoms with Crippen molar-refractivity contribution in [2.45, 2.75) is 13.5 Å². The van der Waals surface area contributed by atoms with Crippen molar-refractivity contribution >= 4 is 0 Å². The highest BCUT2D eigenvalue weighted by atomic mass is 16.5. The molecule has 0 saturated heterocycles. The molecule has 3 aromatic heterocycles. The van der Waals surface area contributed by atoms with Gasteiger partial charge in [-0.25, -0.2) is 9.67 Å². The molecule has 0 saturated carbocycles. The summed E-state index contributed by atoms with van der Waals surface area (Å²) >= 11 is 0. The van der Waals surface area contributed by atoms with Gasteiger partial charge in [0.2, 0.25) is 11.7 Å². The average molecular weight is 318 g/mol. The summed E-state index contributed by atoms with van der Waals surface area (Å²) in [5, 5.41) is 8.41. The van der Waals surface area contributed by atoms with Crippen molar-refractivity contribution in [2.24, 2.45) is 0 Å². The quantitative estimate of drug-likeness (QED) is 0.575. The molecule has 1 aromatic carbocycles. The zero-order valence-electron chi connectivity index (χ0n) is 13.0. The van der Waals surface area contributed by atoms with Crippen LogP contribution in [0.25, 0.3) is 22.9 Å². The van der Waals surface area contributed by atoms with Gasteiger partial charge in [0, 0.05) is 11.8 Å². The summed E-state index contributed by atoms with van der Waals surface area (Å²) in [6, 6.07) is 15.4. The third-order valence-corrected chi connectivity index (χ3v) is 3.46. The molecule has 4 rings (SSSR count). The molecule has 0 N–H and O–H groups in total. The number of pyridine rings is 1. The van der Waals surface area contributed by atoms with E-state index in [4.69, 9.17) is 4.52 Å². The smallest absolute Gasteiger partial charge is 0.248 e. The van der Waals surface area contributed by atoms with Gasteiger partial charge in [0.25, 0.3) is 0 Å². The Bertz CT molecular complexity index is 946. The first kappa shape index (κ1) is 14.3. The van der Waals surface area contributed by atoms with Gasteiger partial charge in [0.15, 0.2) is 5.82 Å². The minimum atomic E-state index is 0.352. The number of nitrogens with zero attached hydrogens (tertiary/aromatic N) is 6. The van der Waals surface area contributed by atoms with E-state index >= 15 is 0 Å². The lowest BCUT2D eigenvalue weighted by Crippen LogP contribution is -2.04. The fourth-order valence-corrected chi connectivity index (χ4v) is 2.41. The second-order valence-electron chi connectivity index (χ2n) is 5.23. The molecule has 0 amide bonds. The molecule has 7 nitrogen and oxygen atoms in total. The Kier molecular flexibility index (Phi) is 3.59. The first-order valence-electron chi connectivity index (χ1n) is 7.50. The highest BCUT2D eigenvalue weighted by Crippen LogP contribution is 2.18. The van der Waals surface area contributed by atoms with Crippen molar-refractivity contribution in [3.63, 3.8) is 0 Å². The highest BCUT2D eigenvalue weighted by Gasteiger charge is 2.14. The van der Waals surface area contributed by atoms with E-state index in [2.05, 4.69) is 25.2 Å². The Morgan fingerprint density at radius 3 is 2.62 bits per heavy atom. The molecule has 0 atom stereocenters. The lowest BCUT2D eigenvalue weighted by Gasteiger charge is -2.02. The Hall–Kier alpha value is -3.35. The van der Waals surface area contributed by atoms with Gasteiger partial charge in [-0.05, 0) is 19.1 Å². The van der Waals surface area contributed by atoms with Crippen LogP contribution in [0.4, 0.5) is 0 Å². The predicted octanol–water partition coefficient (Wildman–Crippen LogP) is 2.75. The topological polar surface area (TPSA) is 82.5 Å². The molecule has 0 fully saturated rings. The van der Waals surface area contributed by atoms with Crippen LogP contribution in [0, 0.1) is 6.92 Å². The molecule has 24 heavy (non-hydrogen) atoms. The fraction of sp³-hybridized carbons (Fsp3) is 0.118. The first-order chi connectivity index (χ1) is 11.8. The number of hydrogen-bond acceptors (Lipinski definition) is 6. The number of rotatable bonds is 4. The van der Waals surface area contributed by atoms with Gasteiger partial charge in [-0.2, -0.15) is 10.1 Å². The van der Waals surface area contributed by atoms with Crippen molar-refractivity contribution < 1.29 is 4.52 Å². The number of aromatic nitrogens is 6. The number of hydrogen-bond donors (Lipinski definition) is 0. The summed E-state index contributed by atoms with van der Waals surface area (Å²) in [6.45, 7) is 2.21. The monoisotopic (exact) mass is 318 g/mol. The molecule has 7 heteroatoms. The van der Waals surface area contributed by atoms with Crippen LogP contribution in [0.1, 0.15) is 11.7 Å². The van der Waals surface area contributed by atoms with E-state index in [1.54, 1.807) is 10.9 Å². The van der Waals surface area contributed by atoms with Crippen molar-refractivity contribution in [1.29, 1.82) is 0 Å². The van der Waals surface area contributed by atoms with Crippen molar-refractivity contribution in [3.05, 3.63) is 66.4 Å². The van der Waals surface area contributed by atoms with Crippen LogP contribution in [0.2, 0.25) is 0 Å². The largest absolute Gasteiger partial charge is 0.337 e. The molecular formula is C17H14N6O. The van der Waals surface area contributed by atoms with Crippen LogP contribution < -0.4 is 0 Å². The minimum Gasteiger partial charge on any atom is -0.337 e. The van der Waals surface area contributed by atoms with Crippen molar-refractivity contribution in [1.82, 2.24) is 29.9 Å². The SMILES string of the molecule is Cc1nc(-c2ccccc2)n(Cc2nc(-c3ccccn3)no2)n1. The van der Waals surface area contributed by atoms with Crippen molar-refractivity contribution in [2.75, 3.05) is 0 Å². The second-order valence-corrected chi connectivity index (χ2v) is 5.23. The van der Waals surface area contributed by atoms with Crippen LogP contribution in [0.15, 0.2) is 59.3 Å². The normalized spacial score (nSPS) is 10.9. The predicted molar refractivity (Wildman–Crippen MR) is 86.8 cm³/mol. The molecule has 0 radical (unpaired) electrons. The Balaban J connectivity index is 1.64. The van der Waals surface area contributed by atoms with E-state index in [1.165, 1.54) is 0 Å². The fourth-order valence-electron chi connectivity index (χ4n) is 2.41. The number of benzene rings is 1. The first-order valence-corrected chi connectivity index (χ1v) is 7.50. The molecule has 0 aliphatic rings. The summed E-state index contributed by atoms with van der Waals surface area (Å²) < 4.78 is 7.10. The van der Waals surface area contributed by atoms with Gasteiger partial charge >= 0.3 is 0 Å². The van der Waals surface area contributed by atoms with E-state index in [9.17, 15) is 0 Å². The summed E-state index contributed by atoms with van der Waals surface area (Å²) in [6.07, 6.45) is 1.69. The summed E-state index contributed by atoms with van der Waals surface area (Å²) in [7, 11) is 0. The van der Waals surface area contributed by atoms with Gasteiger partial charge in [-0.15, -0.1) is 0 Å². The van der Waals surface area contributed by atoms with E-state index in [-0.39, 0.29) is 0 Å². The van der Waals surface area contributed by atoms with E-state index in [1.807, 2.05) is 55.5 Å². The maximum atomic E-state index is 5.33. The van der Waals surface area contributed by atoms with E-state index in [0.29, 0.717) is 29.8 Å². The maximum absolute atomic E-state index is 5.33. The standard InChI is InChI=1S/C17H14N6O/c1-12-19-17(13-7-3-2-4-8-13)23(21-12)11-15-20-16(22-24-15)14-9-5-6-10-18-14/h2-10H,11H2,1H3. The molecule has 0 unspecified atom stereocenters. The van der Waals surface area contributed by atoms with Crippen molar-refractivity contribution in [3.8, 4) is 22.9 Å². The minimum absolute atomic E-state index is 0.352. The molecule has 0 aliphatic carbocycles. The Labute approximate surface area is 138 Å². The van der Waals surface area contributed by atoms with Crippen LogP contribution in [0.5, 0.6) is 0 Å². The zero-order chi connectivity index (χ0) is 16.4. The highest BCUT2D eigenvalue weighted by molar-refractivity contribution is 5.55. The molecule has 4 aromatic rings.